The lowest BCUT2D eigenvalue weighted by atomic mass is 10.2. The summed E-state index contributed by atoms with van der Waals surface area (Å²) in [4.78, 5) is 12.2. The van der Waals surface area contributed by atoms with Gasteiger partial charge >= 0.3 is 0 Å². The van der Waals surface area contributed by atoms with E-state index in [-0.39, 0.29) is 19.1 Å². The van der Waals surface area contributed by atoms with E-state index in [2.05, 4.69) is 5.32 Å². The number of nitrogens with one attached hydrogen (secondary N) is 1. The van der Waals surface area contributed by atoms with Crippen molar-refractivity contribution in [3.8, 4) is 11.5 Å². The third-order valence-corrected chi connectivity index (χ3v) is 4.19. The molecule has 4 nitrogen and oxygen atoms in total. The van der Waals surface area contributed by atoms with Crippen molar-refractivity contribution < 1.29 is 23.0 Å². The summed E-state index contributed by atoms with van der Waals surface area (Å²) in [6, 6.07) is 8.52. The number of amides is 1. The maximum atomic E-state index is 13.5. The van der Waals surface area contributed by atoms with Gasteiger partial charge in [-0.25, -0.2) is 8.78 Å². The van der Waals surface area contributed by atoms with Crippen LogP contribution in [0.3, 0.4) is 0 Å². The van der Waals surface area contributed by atoms with Gasteiger partial charge in [0, 0.05) is 34.9 Å². The Bertz CT molecular complexity index is 739. The lowest BCUT2D eigenvalue weighted by molar-refractivity contribution is -0.115. The van der Waals surface area contributed by atoms with E-state index in [0.29, 0.717) is 27.8 Å². The van der Waals surface area contributed by atoms with E-state index < -0.39 is 11.6 Å². The second-order valence-corrected chi connectivity index (χ2v) is 5.93. The van der Waals surface area contributed by atoms with E-state index in [1.807, 2.05) is 0 Å². The number of halogens is 2. The first kappa shape index (κ1) is 15.6. The molecule has 0 radical (unpaired) electrons. The molecule has 1 aliphatic heterocycles. The zero-order valence-corrected chi connectivity index (χ0v) is 12.8. The van der Waals surface area contributed by atoms with Crippen molar-refractivity contribution in [2.45, 2.75) is 11.3 Å². The molecule has 23 heavy (non-hydrogen) atoms. The topological polar surface area (TPSA) is 47.6 Å². The zero-order chi connectivity index (χ0) is 16.2. The number of carbonyl (C=O) groups excluding carboxylic acids is 1. The predicted octanol–water partition coefficient (Wildman–Crippen LogP) is 3.81. The molecule has 0 aromatic heterocycles. The average Bonchev–Trinajstić information content (AvgIpc) is 2.97. The number of thioether (sulfide) groups is 1. The number of fused-ring (bicyclic) bond motifs is 1. The molecule has 0 unspecified atom stereocenters. The van der Waals surface area contributed by atoms with E-state index in [1.54, 1.807) is 18.2 Å². The van der Waals surface area contributed by atoms with Crippen molar-refractivity contribution in [2.24, 2.45) is 0 Å². The third kappa shape index (κ3) is 3.92. The van der Waals surface area contributed by atoms with E-state index >= 15 is 0 Å². The van der Waals surface area contributed by atoms with Gasteiger partial charge < -0.3 is 14.8 Å². The molecule has 1 heterocycles. The van der Waals surface area contributed by atoms with Gasteiger partial charge in [-0.2, -0.15) is 0 Å². The van der Waals surface area contributed by atoms with Crippen LogP contribution < -0.4 is 14.8 Å². The Hall–Kier alpha value is -2.28. The highest BCUT2D eigenvalue weighted by Crippen LogP contribution is 2.34. The quantitative estimate of drug-likeness (QED) is 0.843. The summed E-state index contributed by atoms with van der Waals surface area (Å²) in [5.74, 6) is 0.187. The van der Waals surface area contributed by atoms with Gasteiger partial charge in [-0.3, -0.25) is 4.79 Å². The number of hydrogen-bond donors (Lipinski definition) is 1. The first-order valence-electron chi connectivity index (χ1n) is 6.89. The smallest absolute Gasteiger partial charge is 0.231 e. The van der Waals surface area contributed by atoms with Crippen LogP contribution in [0.1, 0.15) is 6.42 Å². The summed E-state index contributed by atoms with van der Waals surface area (Å²) in [6.45, 7) is 0.173. The van der Waals surface area contributed by atoms with E-state index in [1.165, 1.54) is 23.9 Å². The number of hydrogen-bond acceptors (Lipinski definition) is 4. The maximum Gasteiger partial charge on any atom is 0.231 e. The molecule has 1 amide bonds. The number of ether oxygens (including phenoxy) is 2. The highest BCUT2D eigenvalue weighted by molar-refractivity contribution is 7.99. The van der Waals surface area contributed by atoms with Crippen LogP contribution in [0.2, 0.25) is 0 Å². The van der Waals surface area contributed by atoms with Gasteiger partial charge in [-0.05, 0) is 24.3 Å². The summed E-state index contributed by atoms with van der Waals surface area (Å²) < 4.78 is 36.7. The Morgan fingerprint density at radius 3 is 2.78 bits per heavy atom. The number of rotatable bonds is 5. The minimum Gasteiger partial charge on any atom is -0.454 e. The fourth-order valence-corrected chi connectivity index (χ4v) is 2.91. The standard InChI is InChI=1S/C16H13F2NO3S/c17-10-1-4-15(12(18)7-10)23-6-5-16(20)19-11-2-3-13-14(8-11)22-9-21-13/h1-4,7-8H,5-6,9H2,(H,19,20). The van der Waals surface area contributed by atoms with Gasteiger partial charge in [0.05, 0.1) is 0 Å². The first-order chi connectivity index (χ1) is 11.1. The third-order valence-electron chi connectivity index (χ3n) is 3.14. The van der Waals surface area contributed by atoms with Crippen molar-refractivity contribution in [1.29, 1.82) is 0 Å². The molecule has 7 heteroatoms. The second-order valence-electron chi connectivity index (χ2n) is 4.79. The maximum absolute atomic E-state index is 13.5. The fraction of sp³-hybridized carbons (Fsp3) is 0.188. The van der Waals surface area contributed by atoms with Gasteiger partial charge in [-0.1, -0.05) is 0 Å². The summed E-state index contributed by atoms with van der Waals surface area (Å²) in [5, 5.41) is 2.74. The van der Waals surface area contributed by atoms with Crippen LogP contribution in [0.4, 0.5) is 14.5 Å². The van der Waals surface area contributed by atoms with E-state index in [9.17, 15) is 13.6 Å². The van der Waals surface area contributed by atoms with Crippen molar-refractivity contribution in [3.63, 3.8) is 0 Å². The highest BCUT2D eigenvalue weighted by Gasteiger charge is 2.14. The summed E-state index contributed by atoms with van der Waals surface area (Å²) >= 11 is 1.17. The Morgan fingerprint density at radius 1 is 1.13 bits per heavy atom. The molecule has 0 saturated heterocycles. The lowest BCUT2D eigenvalue weighted by Crippen LogP contribution is -2.12. The Morgan fingerprint density at radius 2 is 1.96 bits per heavy atom. The number of anilines is 1. The predicted molar refractivity (Wildman–Crippen MR) is 82.9 cm³/mol. The second kappa shape index (κ2) is 6.87. The van der Waals surface area contributed by atoms with E-state index in [4.69, 9.17) is 9.47 Å². The molecule has 0 spiro atoms. The van der Waals surface area contributed by atoms with Crippen molar-refractivity contribution in [2.75, 3.05) is 17.9 Å². The van der Waals surface area contributed by atoms with Crippen LogP contribution >= 0.6 is 11.8 Å². The number of carbonyl (C=O) groups is 1. The largest absolute Gasteiger partial charge is 0.454 e. The average molecular weight is 337 g/mol. The van der Waals surface area contributed by atoms with Crippen molar-refractivity contribution in [1.82, 2.24) is 0 Å². The van der Waals surface area contributed by atoms with Crippen LogP contribution in [-0.4, -0.2) is 18.5 Å². The zero-order valence-electron chi connectivity index (χ0n) is 12.0. The molecule has 0 fully saturated rings. The molecule has 0 atom stereocenters. The van der Waals surface area contributed by atoms with Crippen molar-refractivity contribution >= 4 is 23.4 Å². The molecular formula is C16H13F2NO3S. The van der Waals surface area contributed by atoms with Gasteiger partial charge in [-0.15, -0.1) is 11.8 Å². The Kier molecular flexibility index (Phi) is 4.66. The van der Waals surface area contributed by atoms with Crippen LogP contribution in [-0.2, 0) is 4.79 Å². The SMILES string of the molecule is O=C(CCSc1ccc(F)cc1F)Nc1ccc2c(c1)OCO2. The Balaban J connectivity index is 1.50. The molecular weight excluding hydrogens is 324 g/mol. The van der Waals surface area contributed by atoms with Gasteiger partial charge in [0.15, 0.2) is 11.5 Å². The molecule has 0 saturated carbocycles. The minimum absolute atomic E-state index is 0.173. The van der Waals surface area contributed by atoms with Crippen LogP contribution in [0.15, 0.2) is 41.3 Å². The highest BCUT2D eigenvalue weighted by atomic mass is 32.2. The first-order valence-corrected chi connectivity index (χ1v) is 7.88. The molecule has 0 bridgehead atoms. The normalized spacial score (nSPS) is 12.3. The molecule has 1 aliphatic rings. The van der Waals surface area contributed by atoms with Crippen LogP contribution in [0, 0.1) is 11.6 Å². The molecule has 0 aliphatic carbocycles. The van der Waals surface area contributed by atoms with Gasteiger partial charge in [0.1, 0.15) is 11.6 Å². The van der Waals surface area contributed by atoms with Gasteiger partial charge in [0.25, 0.3) is 0 Å². The van der Waals surface area contributed by atoms with Crippen LogP contribution in [0.5, 0.6) is 11.5 Å². The van der Waals surface area contributed by atoms with Crippen LogP contribution in [0.25, 0.3) is 0 Å². The summed E-state index contributed by atoms with van der Waals surface area (Å²) in [7, 11) is 0. The summed E-state index contributed by atoms with van der Waals surface area (Å²) in [5.41, 5.74) is 0.609. The molecule has 120 valence electrons. The minimum atomic E-state index is -0.619. The van der Waals surface area contributed by atoms with E-state index in [0.717, 1.165) is 6.07 Å². The fourth-order valence-electron chi connectivity index (χ4n) is 2.04. The van der Waals surface area contributed by atoms with Crippen molar-refractivity contribution in [3.05, 3.63) is 48.0 Å². The lowest BCUT2D eigenvalue weighted by Gasteiger charge is -2.06. The molecule has 1 N–H and O–H groups in total. The summed E-state index contributed by atoms with van der Waals surface area (Å²) in [6.07, 6.45) is 0.204. The molecule has 2 aromatic carbocycles. The number of benzene rings is 2. The van der Waals surface area contributed by atoms with Gasteiger partial charge in [0.2, 0.25) is 12.7 Å². The monoisotopic (exact) mass is 337 g/mol. The molecule has 2 aromatic rings. The Labute approximate surface area is 135 Å². The molecule has 3 rings (SSSR count).